The van der Waals surface area contributed by atoms with Crippen molar-refractivity contribution in [2.45, 2.75) is 33.2 Å². The molecule has 3 rings (SSSR count). The van der Waals surface area contributed by atoms with Gasteiger partial charge in [-0.05, 0) is 47.8 Å². The van der Waals surface area contributed by atoms with E-state index in [2.05, 4.69) is 10.5 Å². The average molecular weight is 356 g/mol. The Bertz CT molecular complexity index is 1000. The monoisotopic (exact) mass is 356 g/mol. The van der Waals surface area contributed by atoms with Gasteiger partial charge in [-0.1, -0.05) is 0 Å². The number of carbonyl (C=O) groups is 1. The summed E-state index contributed by atoms with van der Waals surface area (Å²) in [6.07, 6.45) is 0.661. The fourth-order valence-corrected chi connectivity index (χ4v) is 2.66. The molecule has 0 bridgehead atoms. The van der Waals surface area contributed by atoms with Gasteiger partial charge in [0.15, 0.2) is 0 Å². The molecule has 0 atom stereocenters. The zero-order valence-electron chi connectivity index (χ0n) is 14.9. The Balaban J connectivity index is 1.68. The molecule has 3 aromatic rings. The van der Waals surface area contributed by atoms with Gasteiger partial charge in [-0.3, -0.25) is 4.79 Å². The predicted octanol–water partition coefficient (Wildman–Crippen LogP) is 2.66. The smallest absolute Gasteiger partial charge is 0.336 e. The van der Waals surface area contributed by atoms with E-state index in [-0.39, 0.29) is 18.9 Å². The zero-order chi connectivity index (χ0) is 18.7. The molecule has 2 heterocycles. The van der Waals surface area contributed by atoms with E-state index >= 15 is 0 Å². The van der Waals surface area contributed by atoms with Crippen molar-refractivity contribution in [1.29, 1.82) is 0 Å². The van der Waals surface area contributed by atoms with Gasteiger partial charge in [0.1, 0.15) is 11.3 Å². The summed E-state index contributed by atoms with van der Waals surface area (Å²) in [5.41, 5.74) is 2.97. The van der Waals surface area contributed by atoms with Crippen LogP contribution in [0.1, 0.15) is 28.9 Å². The number of methoxy groups -OCH3 is 1. The molecule has 7 nitrogen and oxygen atoms in total. The minimum absolute atomic E-state index is 0.148. The van der Waals surface area contributed by atoms with E-state index in [0.29, 0.717) is 23.6 Å². The van der Waals surface area contributed by atoms with E-state index in [1.54, 1.807) is 6.07 Å². The minimum atomic E-state index is -0.432. The molecule has 1 N–H and O–H groups in total. The Morgan fingerprint density at radius 3 is 2.69 bits per heavy atom. The second-order valence-corrected chi connectivity index (χ2v) is 6.14. The Morgan fingerprint density at radius 1 is 1.19 bits per heavy atom. The molecule has 0 saturated carbocycles. The summed E-state index contributed by atoms with van der Waals surface area (Å²) < 4.78 is 15.3. The first-order chi connectivity index (χ1) is 12.5. The van der Waals surface area contributed by atoms with Crippen molar-refractivity contribution in [2.75, 3.05) is 7.11 Å². The molecule has 26 heavy (non-hydrogen) atoms. The number of hydrogen-bond donors (Lipinski definition) is 1. The lowest BCUT2D eigenvalue weighted by Gasteiger charge is -2.09. The van der Waals surface area contributed by atoms with Gasteiger partial charge >= 0.3 is 5.63 Å². The maximum Gasteiger partial charge on any atom is 0.336 e. The Kier molecular flexibility index (Phi) is 5.06. The Hall–Kier alpha value is -3.09. The molecule has 7 heteroatoms. The van der Waals surface area contributed by atoms with Gasteiger partial charge in [0, 0.05) is 36.9 Å². The molecule has 0 fully saturated rings. The lowest BCUT2D eigenvalue weighted by atomic mass is 10.0. The van der Waals surface area contributed by atoms with Crippen LogP contribution in [0.4, 0.5) is 0 Å². The molecular weight excluding hydrogens is 336 g/mol. The van der Waals surface area contributed by atoms with Crippen molar-refractivity contribution >= 4 is 16.9 Å². The van der Waals surface area contributed by atoms with E-state index < -0.39 is 5.63 Å². The topological polar surface area (TPSA) is 94.6 Å². The minimum Gasteiger partial charge on any atom is -0.479 e. The van der Waals surface area contributed by atoms with Gasteiger partial charge in [-0.25, -0.2) is 4.79 Å². The van der Waals surface area contributed by atoms with Crippen molar-refractivity contribution in [1.82, 2.24) is 10.5 Å². The van der Waals surface area contributed by atoms with Crippen LogP contribution in [0.3, 0.4) is 0 Å². The second kappa shape index (κ2) is 7.43. The number of hydrogen-bond acceptors (Lipinski definition) is 6. The normalized spacial score (nSPS) is 10.9. The third kappa shape index (κ3) is 3.93. The standard InChI is InChI=1S/C19H20N2O5/c1-11-6-15-13(8-19(23)25-16(15)7-12(11)2)10-20-17(22)5-4-14-9-18(24-3)21-26-14/h6-9H,4-5,10H2,1-3H3,(H,20,22). The van der Waals surface area contributed by atoms with Gasteiger partial charge in [0.25, 0.3) is 5.88 Å². The van der Waals surface area contributed by atoms with Crippen LogP contribution in [0.5, 0.6) is 5.88 Å². The maximum absolute atomic E-state index is 12.1. The SMILES string of the molecule is COc1cc(CCC(=O)NCc2cc(=O)oc3cc(C)c(C)cc23)on1. The van der Waals surface area contributed by atoms with Crippen LogP contribution in [0.25, 0.3) is 11.0 Å². The van der Waals surface area contributed by atoms with Crippen LogP contribution in [0.2, 0.25) is 0 Å². The summed E-state index contributed by atoms with van der Waals surface area (Å²) in [5, 5.41) is 7.35. The summed E-state index contributed by atoms with van der Waals surface area (Å²) in [5.74, 6) is 0.813. The molecule has 0 unspecified atom stereocenters. The van der Waals surface area contributed by atoms with Crippen LogP contribution >= 0.6 is 0 Å². The van der Waals surface area contributed by atoms with Gasteiger partial charge < -0.3 is 19.0 Å². The number of nitrogens with one attached hydrogen (secondary N) is 1. The molecule has 136 valence electrons. The van der Waals surface area contributed by atoms with Crippen molar-refractivity contribution in [3.63, 3.8) is 0 Å². The lowest BCUT2D eigenvalue weighted by molar-refractivity contribution is -0.121. The number of ether oxygens (including phenoxy) is 1. The highest BCUT2D eigenvalue weighted by atomic mass is 16.5. The van der Waals surface area contributed by atoms with Crippen molar-refractivity contribution in [3.05, 3.63) is 57.1 Å². The molecule has 0 saturated heterocycles. The van der Waals surface area contributed by atoms with E-state index in [9.17, 15) is 9.59 Å². The first-order valence-electron chi connectivity index (χ1n) is 8.26. The molecular formula is C19H20N2O5. The number of amides is 1. The molecule has 2 aromatic heterocycles. The van der Waals surface area contributed by atoms with Gasteiger partial charge in [0.2, 0.25) is 5.91 Å². The number of benzene rings is 1. The van der Waals surface area contributed by atoms with Crippen molar-refractivity contribution in [2.24, 2.45) is 0 Å². The van der Waals surface area contributed by atoms with Crippen LogP contribution in [-0.4, -0.2) is 18.2 Å². The molecule has 0 aliphatic heterocycles. The highest BCUT2D eigenvalue weighted by molar-refractivity contribution is 5.83. The molecule has 0 aliphatic carbocycles. The largest absolute Gasteiger partial charge is 0.479 e. The molecule has 1 aromatic carbocycles. The fourth-order valence-electron chi connectivity index (χ4n) is 2.66. The fraction of sp³-hybridized carbons (Fsp3) is 0.316. The summed E-state index contributed by atoms with van der Waals surface area (Å²) in [6, 6.07) is 6.87. The van der Waals surface area contributed by atoms with E-state index in [0.717, 1.165) is 22.1 Å². The van der Waals surface area contributed by atoms with E-state index in [4.69, 9.17) is 13.7 Å². The number of fused-ring (bicyclic) bond motifs is 1. The van der Waals surface area contributed by atoms with Gasteiger partial charge in [0.05, 0.1) is 7.11 Å². The van der Waals surface area contributed by atoms with Crippen LogP contribution in [0, 0.1) is 13.8 Å². The Morgan fingerprint density at radius 2 is 1.96 bits per heavy atom. The van der Waals surface area contributed by atoms with E-state index in [1.807, 2.05) is 26.0 Å². The molecule has 0 spiro atoms. The average Bonchev–Trinajstić information content (AvgIpc) is 3.07. The quantitative estimate of drug-likeness (QED) is 0.682. The van der Waals surface area contributed by atoms with Crippen LogP contribution in [-0.2, 0) is 17.8 Å². The van der Waals surface area contributed by atoms with Gasteiger partial charge in [-0.15, -0.1) is 0 Å². The predicted molar refractivity (Wildman–Crippen MR) is 95.2 cm³/mol. The van der Waals surface area contributed by atoms with Crippen molar-refractivity contribution < 1.29 is 18.5 Å². The molecule has 0 radical (unpaired) electrons. The summed E-state index contributed by atoms with van der Waals surface area (Å²) in [7, 11) is 1.50. The highest BCUT2D eigenvalue weighted by Gasteiger charge is 2.11. The first kappa shape index (κ1) is 17.7. The highest BCUT2D eigenvalue weighted by Crippen LogP contribution is 2.21. The van der Waals surface area contributed by atoms with Gasteiger partial charge in [-0.2, -0.15) is 0 Å². The maximum atomic E-state index is 12.1. The summed E-state index contributed by atoms with van der Waals surface area (Å²) >= 11 is 0. The number of aromatic nitrogens is 1. The van der Waals surface area contributed by atoms with Crippen molar-refractivity contribution in [3.8, 4) is 5.88 Å². The molecule has 0 aliphatic rings. The number of rotatable bonds is 6. The Labute approximate surface area is 149 Å². The van der Waals surface area contributed by atoms with Crippen LogP contribution in [0.15, 0.2) is 38.0 Å². The number of nitrogens with zero attached hydrogens (tertiary/aromatic N) is 1. The summed E-state index contributed by atoms with van der Waals surface area (Å²) in [4.78, 5) is 23.9. The van der Waals surface area contributed by atoms with Crippen LogP contribution < -0.4 is 15.7 Å². The number of carbonyl (C=O) groups excluding carboxylic acids is 1. The molecule has 1 amide bonds. The van der Waals surface area contributed by atoms with E-state index in [1.165, 1.54) is 13.2 Å². The third-order valence-electron chi connectivity index (χ3n) is 4.27. The number of aryl methyl sites for hydroxylation is 3. The third-order valence-corrected chi connectivity index (χ3v) is 4.27. The summed E-state index contributed by atoms with van der Waals surface area (Å²) in [6.45, 7) is 4.21. The second-order valence-electron chi connectivity index (χ2n) is 6.14. The first-order valence-corrected chi connectivity index (χ1v) is 8.26. The lowest BCUT2D eigenvalue weighted by Crippen LogP contribution is -2.23. The zero-order valence-corrected chi connectivity index (χ0v) is 14.9.